The number of thiophene rings is 1. The Labute approximate surface area is 302 Å². The minimum atomic E-state index is 0.634. The molecule has 11 rings (SSSR count). The van der Waals surface area contributed by atoms with E-state index in [1.54, 1.807) is 0 Å². The van der Waals surface area contributed by atoms with Crippen LogP contribution in [0.2, 0.25) is 0 Å². The average molecular weight is 684 g/mol. The Kier molecular flexibility index (Phi) is 6.16. The van der Waals surface area contributed by atoms with Crippen LogP contribution in [0.25, 0.3) is 115 Å². The third-order valence-electron chi connectivity index (χ3n) is 10.5. The van der Waals surface area contributed by atoms with Crippen molar-refractivity contribution in [2.24, 2.45) is 0 Å². The van der Waals surface area contributed by atoms with Crippen molar-refractivity contribution in [3.8, 4) is 17.2 Å². The molecule has 0 atom stereocenters. The van der Waals surface area contributed by atoms with E-state index >= 15 is 0 Å². The molecule has 11 aromatic rings. The van der Waals surface area contributed by atoms with Crippen molar-refractivity contribution < 1.29 is 4.42 Å². The predicted molar refractivity (Wildman–Crippen MR) is 222 cm³/mol. The molecule has 0 bridgehead atoms. The van der Waals surface area contributed by atoms with E-state index in [4.69, 9.17) is 14.4 Å². The molecule has 4 nitrogen and oxygen atoms in total. The van der Waals surface area contributed by atoms with E-state index < -0.39 is 0 Å². The number of hydrogen-bond donors (Lipinski definition) is 0. The number of hydrogen-bond acceptors (Lipinski definition) is 4. The summed E-state index contributed by atoms with van der Waals surface area (Å²) in [6.07, 6.45) is 6.37. The minimum Gasteiger partial charge on any atom is -0.456 e. The second-order valence-electron chi connectivity index (χ2n) is 13.3. The summed E-state index contributed by atoms with van der Waals surface area (Å²) < 4.78 is 11.1. The van der Waals surface area contributed by atoms with Crippen molar-refractivity contribution in [2.45, 2.75) is 6.92 Å². The molecule has 5 heteroatoms. The predicted octanol–water partition coefficient (Wildman–Crippen LogP) is 13.5. The molecule has 4 heterocycles. The summed E-state index contributed by atoms with van der Waals surface area (Å²) in [5.74, 6) is 0.634. The second-order valence-corrected chi connectivity index (χ2v) is 14.3. The van der Waals surface area contributed by atoms with Gasteiger partial charge >= 0.3 is 0 Å². The van der Waals surface area contributed by atoms with Gasteiger partial charge in [0.05, 0.1) is 26.9 Å². The van der Waals surface area contributed by atoms with Crippen molar-refractivity contribution in [2.75, 3.05) is 0 Å². The van der Waals surface area contributed by atoms with Gasteiger partial charge in [-0.15, -0.1) is 11.3 Å². The normalized spacial score (nSPS) is 12.3. The van der Waals surface area contributed by atoms with Gasteiger partial charge in [-0.2, -0.15) is 0 Å². The lowest BCUT2D eigenvalue weighted by atomic mass is 9.95. The summed E-state index contributed by atoms with van der Waals surface area (Å²) in [6, 6.07) is 44.8. The molecule has 0 radical (unpaired) electrons. The van der Waals surface area contributed by atoms with E-state index in [0.717, 1.165) is 71.5 Å². The topological polar surface area (TPSA) is 43.9 Å². The molecule has 4 aromatic heterocycles. The zero-order valence-corrected chi connectivity index (χ0v) is 29.0. The van der Waals surface area contributed by atoms with Gasteiger partial charge in [0, 0.05) is 48.0 Å². The molecule has 0 N–H and O–H groups in total. The maximum absolute atomic E-state index is 6.38. The molecule has 0 amide bonds. The molecular weight excluding hydrogens is 655 g/mol. The number of furan rings is 1. The zero-order valence-electron chi connectivity index (χ0n) is 28.2. The summed E-state index contributed by atoms with van der Waals surface area (Å²) in [6.45, 7) is 6.44. The van der Waals surface area contributed by atoms with Crippen LogP contribution < -0.4 is 0 Å². The van der Waals surface area contributed by atoms with Gasteiger partial charge in [-0.25, -0.2) is 9.97 Å². The molecule has 0 aliphatic carbocycles. The van der Waals surface area contributed by atoms with Gasteiger partial charge in [-0.3, -0.25) is 4.57 Å². The van der Waals surface area contributed by atoms with Crippen molar-refractivity contribution >= 4 is 109 Å². The molecule has 0 unspecified atom stereocenters. The van der Waals surface area contributed by atoms with Gasteiger partial charge in [-0.1, -0.05) is 110 Å². The van der Waals surface area contributed by atoms with E-state index in [1.165, 1.54) is 36.5 Å². The summed E-state index contributed by atoms with van der Waals surface area (Å²) in [4.78, 5) is 10.8. The smallest absolute Gasteiger partial charge is 0.235 e. The van der Waals surface area contributed by atoms with E-state index in [1.807, 2.05) is 17.4 Å². The molecular formula is C47H29N3OS. The molecule has 0 saturated carbocycles. The van der Waals surface area contributed by atoms with Crippen LogP contribution in [0, 0.1) is 0 Å². The van der Waals surface area contributed by atoms with Crippen LogP contribution in [0.5, 0.6) is 0 Å². The Morgan fingerprint density at radius 1 is 0.654 bits per heavy atom. The first-order valence-electron chi connectivity index (χ1n) is 17.5. The molecule has 0 fully saturated rings. The number of allylic oxidation sites excluding steroid dienone is 1. The maximum Gasteiger partial charge on any atom is 0.235 e. The first kappa shape index (κ1) is 29.2. The largest absolute Gasteiger partial charge is 0.456 e. The highest BCUT2D eigenvalue weighted by molar-refractivity contribution is 7.26. The van der Waals surface area contributed by atoms with Crippen LogP contribution in [-0.4, -0.2) is 14.5 Å². The fourth-order valence-corrected chi connectivity index (χ4v) is 9.57. The highest BCUT2D eigenvalue weighted by atomic mass is 32.1. The van der Waals surface area contributed by atoms with Gasteiger partial charge in [0.25, 0.3) is 0 Å². The minimum absolute atomic E-state index is 0.634. The van der Waals surface area contributed by atoms with Crippen LogP contribution in [-0.2, 0) is 0 Å². The van der Waals surface area contributed by atoms with Crippen molar-refractivity contribution in [3.63, 3.8) is 0 Å². The Hall–Kier alpha value is -6.56. The van der Waals surface area contributed by atoms with Gasteiger partial charge < -0.3 is 4.42 Å². The molecule has 0 spiro atoms. The van der Waals surface area contributed by atoms with E-state index in [9.17, 15) is 0 Å². The number of benzene rings is 7. The zero-order chi connectivity index (χ0) is 34.5. The fourth-order valence-electron chi connectivity index (χ4n) is 8.31. The van der Waals surface area contributed by atoms with Crippen LogP contribution in [0.1, 0.15) is 18.1 Å². The molecule has 0 saturated heterocycles. The molecule has 0 aliphatic rings. The number of nitrogens with zero attached hydrogens (tertiary/aromatic N) is 3. The average Bonchev–Trinajstić information content (AvgIpc) is 3.87. The Morgan fingerprint density at radius 2 is 1.40 bits per heavy atom. The van der Waals surface area contributed by atoms with Crippen molar-refractivity contribution in [3.05, 3.63) is 151 Å². The Bertz CT molecular complexity index is 3340. The summed E-state index contributed by atoms with van der Waals surface area (Å²) in [5, 5.41) is 10.3. The Morgan fingerprint density at radius 3 is 2.27 bits per heavy atom. The molecule has 244 valence electrons. The third-order valence-corrected chi connectivity index (χ3v) is 11.7. The quantitative estimate of drug-likeness (QED) is 0.185. The van der Waals surface area contributed by atoms with Crippen molar-refractivity contribution in [1.82, 2.24) is 14.5 Å². The summed E-state index contributed by atoms with van der Waals surface area (Å²) in [5.41, 5.74) is 8.98. The summed E-state index contributed by atoms with van der Waals surface area (Å²) >= 11 is 1.83. The van der Waals surface area contributed by atoms with Gasteiger partial charge in [0.2, 0.25) is 5.95 Å². The lowest BCUT2D eigenvalue weighted by Crippen LogP contribution is -2.03. The highest BCUT2D eigenvalue weighted by Crippen LogP contribution is 2.48. The first-order valence-corrected chi connectivity index (χ1v) is 18.3. The van der Waals surface area contributed by atoms with Crippen LogP contribution in [0.3, 0.4) is 0 Å². The summed E-state index contributed by atoms with van der Waals surface area (Å²) in [7, 11) is 0. The van der Waals surface area contributed by atoms with Gasteiger partial charge in [0.15, 0.2) is 0 Å². The lowest BCUT2D eigenvalue weighted by Gasteiger charge is -2.13. The maximum atomic E-state index is 6.38. The monoisotopic (exact) mass is 683 g/mol. The number of rotatable bonds is 4. The van der Waals surface area contributed by atoms with Gasteiger partial charge in [-0.05, 0) is 71.3 Å². The van der Waals surface area contributed by atoms with Gasteiger partial charge in [0.1, 0.15) is 11.2 Å². The van der Waals surface area contributed by atoms with Crippen LogP contribution in [0.15, 0.2) is 144 Å². The number of fused-ring (bicyclic) bond motifs is 13. The fraction of sp³-hybridized carbons (Fsp3) is 0.0213. The van der Waals surface area contributed by atoms with Crippen LogP contribution >= 0.6 is 11.3 Å². The van der Waals surface area contributed by atoms with Crippen molar-refractivity contribution in [1.29, 1.82) is 0 Å². The molecule has 0 aliphatic heterocycles. The Balaban J connectivity index is 1.28. The van der Waals surface area contributed by atoms with E-state index in [-0.39, 0.29) is 0 Å². The van der Waals surface area contributed by atoms with Crippen LogP contribution in [0.4, 0.5) is 0 Å². The molecule has 7 aromatic carbocycles. The highest BCUT2D eigenvalue weighted by Gasteiger charge is 2.25. The number of para-hydroxylation sites is 2. The third kappa shape index (κ3) is 3.97. The van der Waals surface area contributed by atoms with E-state index in [0.29, 0.717) is 5.95 Å². The second kappa shape index (κ2) is 11.0. The standard InChI is InChI=1S/C47H29N3OS/c1-3-13-31-29(4-2)42-33-17-8-11-20-37(33)50(45(42)46-43(31)34-18-9-12-21-40(34)52-46)47-48-36-19-10-7-16-32(36)44(49-47)28-23-24-38-35(26-28)41-30-15-6-5-14-27(30)22-25-39(41)51-38/h3-26H,2H2,1H3/b13-3-. The SMILES string of the molecule is C=Cc1c(/C=C\C)c2c3ccccc3sc2c2c1c1ccccc1n2-c1nc(-c2ccc3oc4ccc5ccccc5c4c3c2)c2ccccc2n1. The number of aromatic nitrogens is 3. The van der Waals surface area contributed by atoms with E-state index in [2.05, 4.69) is 158 Å². The lowest BCUT2D eigenvalue weighted by molar-refractivity contribution is 0.669. The first-order chi connectivity index (χ1) is 25.7. The molecule has 52 heavy (non-hydrogen) atoms.